The van der Waals surface area contributed by atoms with Gasteiger partial charge in [0.1, 0.15) is 0 Å². The maximum atomic E-state index is 9.20. The van der Waals surface area contributed by atoms with Crippen molar-refractivity contribution in [3.63, 3.8) is 0 Å². The van der Waals surface area contributed by atoms with Crippen LogP contribution in [0.1, 0.15) is 25.5 Å². The lowest BCUT2D eigenvalue weighted by atomic mass is 9.82. The standard InChI is InChI=1S/C11H16INO/c1-11(2,7-14)10(13)8-3-5-9(12)6-4-8/h3-6,10,14H,7,13H2,1-2H3/t10-/m1/s1. The maximum Gasteiger partial charge on any atom is 0.0500 e. The summed E-state index contributed by atoms with van der Waals surface area (Å²) in [5, 5.41) is 9.20. The molecule has 0 aliphatic carbocycles. The van der Waals surface area contributed by atoms with Gasteiger partial charge in [-0.3, -0.25) is 0 Å². The molecule has 0 amide bonds. The second kappa shape index (κ2) is 4.59. The van der Waals surface area contributed by atoms with Crippen LogP contribution in [-0.2, 0) is 0 Å². The molecule has 1 aromatic carbocycles. The molecule has 14 heavy (non-hydrogen) atoms. The number of halogens is 1. The zero-order valence-corrected chi connectivity index (χ0v) is 10.7. The summed E-state index contributed by atoms with van der Waals surface area (Å²) in [4.78, 5) is 0. The third-order valence-corrected chi connectivity index (χ3v) is 3.20. The van der Waals surface area contributed by atoms with E-state index in [9.17, 15) is 5.11 Å². The molecule has 1 atom stereocenters. The molecule has 1 aromatic rings. The highest BCUT2D eigenvalue weighted by Gasteiger charge is 2.26. The zero-order chi connectivity index (χ0) is 10.8. The van der Waals surface area contributed by atoms with E-state index in [1.165, 1.54) is 3.57 Å². The van der Waals surface area contributed by atoms with E-state index < -0.39 is 0 Å². The Hall–Kier alpha value is -0.130. The van der Waals surface area contributed by atoms with E-state index in [-0.39, 0.29) is 18.1 Å². The van der Waals surface area contributed by atoms with Gasteiger partial charge in [-0.25, -0.2) is 0 Å². The van der Waals surface area contributed by atoms with E-state index in [1.807, 2.05) is 38.1 Å². The highest BCUT2D eigenvalue weighted by Crippen LogP contribution is 2.30. The van der Waals surface area contributed by atoms with Crippen LogP contribution in [0, 0.1) is 8.99 Å². The van der Waals surface area contributed by atoms with Crippen LogP contribution in [0.15, 0.2) is 24.3 Å². The molecule has 0 saturated heterocycles. The molecule has 0 aliphatic rings. The van der Waals surface area contributed by atoms with Crippen molar-refractivity contribution in [2.75, 3.05) is 6.61 Å². The Labute approximate surface area is 98.7 Å². The first kappa shape index (κ1) is 11.9. The van der Waals surface area contributed by atoms with Crippen molar-refractivity contribution in [3.05, 3.63) is 33.4 Å². The lowest BCUT2D eigenvalue weighted by Gasteiger charge is -2.29. The molecule has 1 rings (SSSR count). The molecule has 0 radical (unpaired) electrons. The number of hydrogen-bond acceptors (Lipinski definition) is 2. The van der Waals surface area contributed by atoms with Crippen molar-refractivity contribution < 1.29 is 5.11 Å². The van der Waals surface area contributed by atoms with Crippen molar-refractivity contribution in [1.29, 1.82) is 0 Å². The van der Waals surface area contributed by atoms with E-state index in [0.717, 1.165) is 5.56 Å². The molecule has 0 heterocycles. The minimum atomic E-state index is -0.271. The number of aliphatic hydroxyl groups excluding tert-OH is 1. The molecule has 0 saturated carbocycles. The number of rotatable bonds is 3. The second-order valence-electron chi connectivity index (χ2n) is 4.18. The topological polar surface area (TPSA) is 46.2 Å². The molecule has 0 bridgehead atoms. The van der Waals surface area contributed by atoms with Gasteiger partial charge in [-0.15, -0.1) is 0 Å². The van der Waals surface area contributed by atoms with Gasteiger partial charge in [0.05, 0.1) is 0 Å². The number of aliphatic hydroxyl groups is 1. The van der Waals surface area contributed by atoms with Gasteiger partial charge in [-0.2, -0.15) is 0 Å². The van der Waals surface area contributed by atoms with Crippen molar-refractivity contribution in [2.45, 2.75) is 19.9 Å². The third-order valence-electron chi connectivity index (χ3n) is 2.48. The van der Waals surface area contributed by atoms with Crippen molar-refractivity contribution in [3.8, 4) is 0 Å². The fraction of sp³-hybridized carbons (Fsp3) is 0.455. The van der Waals surface area contributed by atoms with Crippen LogP contribution < -0.4 is 5.73 Å². The molecule has 2 nitrogen and oxygen atoms in total. The summed E-state index contributed by atoms with van der Waals surface area (Å²) in [6.07, 6.45) is 0. The molecular formula is C11H16INO. The highest BCUT2D eigenvalue weighted by molar-refractivity contribution is 14.1. The van der Waals surface area contributed by atoms with E-state index in [4.69, 9.17) is 5.73 Å². The van der Waals surface area contributed by atoms with E-state index >= 15 is 0 Å². The molecule has 0 aliphatic heterocycles. The Balaban J connectivity index is 2.89. The van der Waals surface area contributed by atoms with Gasteiger partial charge in [-0.1, -0.05) is 26.0 Å². The van der Waals surface area contributed by atoms with E-state index in [0.29, 0.717) is 0 Å². The van der Waals surface area contributed by atoms with Crippen LogP contribution in [0.5, 0.6) is 0 Å². The quantitative estimate of drug-likeness (QED) is 0.842. The fourth-order valence-electron chi connectivity index (χ4n) is 1.22. The average molecular weight is 305 g/mol. The van der Waals surface area contributed by atoms with Gasteiger partial charge in [0.2, 0.25) is 0 Å². The molecular weight excluding hydrogens is 289 g/mol. The monoisotopic (exact) mass is 305 g/mol. The zero-order valence-electron chi connectivity index (χ0n) is 8.50. The fourth-order valence-corrected chi connectivity index (χ4v) is 1.58. The first-order chi connectivity index (χ1) is 6.47. The van der Waals surface area contributed by atoms with Gasteiger partial charge in [0.15, 0.2) is 0 Å². The number of benzene rings is 1. The minimum absolute atomic E-state index is 0.0974. The summed E-state index contributed by atoms with van der Waals surface area (Å²) in [7, 11) is 0. The average Bonchev–Trinajstić information content (AvgIpc) is 2.18. The van der Waals surface area contributed by atoms with Gasteiger partial charge in [0.25, 0.3) is 0 Å². The Morgan fingerprint density at radius 3 is 2.29 bits per heavy atom. The molecule has 3 N–H and O–H groups in total. The Kier molecular flexibility index (Phi) is 3.92. The van der Waals surface area contributed by atoms with Crippen LogP contribution in [0.25, 0.3) is 0 Å². The molecule has 0 spiro atoms. The van der Waals surface area contributed by atoms with Crippen LogP contribution >= 0.6 is 22.6 Å². The normalized spacial score (nSPS) is 14.1. The maximum absolute atomic E-state index is 9.20. The summed E-state index contributed by atoms with van der Waals surface area (Å²) in [5.41, 5.74) is 6.87. The summed E-state index contributed by atoms with van der Waals surface area (Å²) in [6, 6.07) is 7.98. The van der Waals surface area contributed by atoms with Crippen LogP contribution in [0.4, 0.5) is 0 Å². The number of nitrogens with two attached hydrogens (primary N) is 1. The SMILES string of the molecule is CC(C)(CO)[C@H](N)c1ccc(I)cc1. The predicted octanol–water partition coefficient (Wildman–Crippen LogP) is 2.31. The molecule has 3 heteroatoms. The summed E-state index contributed by atoms with van der Waals surface area (Å²) in [5.74, 6) is 0. The highest BCUT2D eigenvalue weighted by atomic mass is 127. The van der Waals surface area contributed by atoms with Crippen LogP contribution in [-0.4, -0.2) is 11.7 Å². The van der Waals surface area contributed by atoms with E-state index in [1.54, 1.807) is 0 Å². The van der Waals surface area contributed by atoms with E-state index in [2.05, 4.69) is 22.6 Å². The first-order valence-electron chi connectivity index (χ1n) is 4.59. The predicted molar refractivity (Wildman–Crippen MR) is 67.0 cm³/mol. The molecule has 0 unspecified atom stereocenters. The minimum Gasteiger partial charge on any atom is -0.396 e. The van der Waals surface area contributed by atoms with Gasteiger partial charge < -0.3 is 10.8 Å². The second-order valence-corrected chi connectivity index (χ2v) is 5.42. The smallest absolute Gasteiger partial charge is 0.0500 e. The van der Waals surface area contributed by atoms with Gasteiger partial charge in [0, 0.05) is 21.6 Å². The molecule has 0 fully saturated rings. The largest absolute Gasteiger partial charge is 0.396 e. The molecule has 0 aromatic heterocycles. The van der Waals surface area contributed by atoms with Gasteiger partial charge in [-0.05, 0) is 40.3 Å². The van der Waals surface area contributed by atoms with Crippen molar-refractivity contribution in [1.82, 2.24) is 0 Å². The summed E-state index contributed by atoms with van der Waals surface area (Å²) >= 11 is 2.26. The Morgan fingerprint density at radius 2 is 1.86 bits per heavy atom. The summed E-state index contributed by atoms with van der Waals surface area (Å²) in [6.45, 7) is 4.03. The van der Waals surface area contributed by atoms with Crippen LogP contribution in [0.3, 0.4) is 0 Å². The third kappa shape index (κ3) is 2.68. The van der Waals surface area contributed by atoms with Crippen molar-refractivity contribution in [2.24, 2.45) is 11.1 Å². The van der Waals surface area contributed by atoms with Crippen molar-refractivity contribution >= 4 is 22.6 Å². The van der Waals surface area contributed by atoms with Gasteiger partial charge >= 0.3 is 0 Å². The lowest BCUT2D eigenvalue weighted by Crippen LogP contribution is -2.32. The first-order valence-corrected chi connectivity index (χ1v) is 5.67. The summed E-state index contributed by atoms with van der Waals surface area (Å²) < 4.78 is 1.19. The Morgan fingerprint density at radius 1 is 1.36 bits per heavy atom. The Bertz CT molecular complexity index is 295. The number of hydrogen-bond donors (Lipinski definition) is 2. The van der Waals surface area contributed by atoms with Crippen LogP contribution in [0.2, 0.25) is 0 Å². The lowest BCUT2D eigenvalue weighted by molar-refractivity contribution is 0.132. The molecule has 78 valence electrons.